The standard InChI is InChI=1S/C34H45F3O/c1-3-5-7-26-10-18-30(19-11-26)31-20-21-32(33(35)24-31)34(36,37)38-23-22-27-12-16-29(17-13-27)28-14-8-25(6-4-2)9-15-28/h3,12-13,16-17,20-21,24-26,28,30H,1,4-11,14-15,18-19,22-23H2,2H3. The number of allylic oxidation sites excluding steroid dienone is 1. The molecule has 2 aliphatic rings. The average Bonchev–Trinajstić information content (AvgIpc) is 2.93. The zero-order valence-corrected chi connectivity index (χ0v) is 23.1. The first-order valence-corrected chi connectivity index (χ1v) is 14.9. The lowest BCUT2D eigenvalue weighted by molar-refractivity contribution is -0.249. The Morgan fingerprint density at radius 3 is 2.00 bits per heavy atom. The summed E-state index contributed by atoms with van der Waals surface area (Å²) in [5, 5.41) is 0. The number of hydrogen-bond donors (Lipinski definition) is 0. The molecule has 0 atom stereocenters. The van der Waals surface area contributed by atoms with Crippen molar-refractivity contribution in [3.05, 3.63) is 83.2 Å². The largest absolute Gasteiger partial charge is 0.386 e. The molecule has 2 saturated carbocycles. The highest BCUT2D eigenvalue weighted by Gasteiger charge is 2.36. The van der Waals surface area contributed by atoms with Gasteiger partial charge in [0.15, 0.2) is 0 Å². The van der Waals surface area contributed by atoms with E-state index in [9.17, 15) is 13.2 Å². The Labute approximate surface area is 227 Å². The predicted molar refractivity (Wildman–Crippen MR) is 150 cm³/mol. The van der Waals surface area contributed by atoms with Crippen molar-refractivity contribution >= 4 is 0 Å². The maximum absolute atomic E-state index is 14.8. The van der Waals surface area contributed by atoms with Crippen molar-refractivity contribution in [2.75, 3.05) is 6.61 Å². The van der Waals surface area contributed by atoms with Crippen molar-refractivity contribution in [3.63, 3.8) is 0 Å². The molecule has 0 aromatic heterocycles. The summed E-state index contributed by atoms with van der Waals surface area (Å²) in [6.07, 6.45) is 12.7. The van der Waals surface area contributed by atoms with E-state index in [1.165, 1.54) is 56.2 Å². The highest BCUT2D eigenvalue weighted by atomic mass is 19.3. The quantitative estimate of drug-likeness (QED) is 0.250. The van der Waals surface area contributed by atoms with E-state index in [2.05, 4.69) is 25.6 Å². The summed E-state index contributed by atoms with van der Waals surface area (Å²) in [4.78, 5) is 0. The summed E-state index contributed by atoms with van der Waals surface area (Å²) >= 11 is 0. The number of halogens is 3. The molecule has 208 valence electrons. The number of hydrogen-bond acceptors (Lipinski definition) is 1. The molecule has 0 heterocycles. The lowest BCUT2D eigenvalue weighted by Crippen LogP contribution is -2.22. The van der Waals surface area contributed by atoms with Crippen molar-refractivity contribution in [3.8, 4) is 0 Å². The van der Waals surface area contributed by atoms with Crippen LogP contribution < -0.4 is 0 Å². The van der Waals surface area contributed by atoms with E-state index >= 15 is 0 Å². The molecule has 2 fully saturated rings. The van der Waals surface area contributed by atoms with Gasteiger partial charge in [-0.15, -0.1) is 6.58 Å². The molecule has 0 spiro atoms. The van der Waals surface area contributed by atoms with Crippen molar-refractivity contribution in [2.24, 2.45) is 11.8 Å². The third-order valence-electron chi connectivity index (χ3n) is 9.07. The van der Waals surface area contributed by atoms with E-state index in [1.807, 2.05) is 18.2 Å². The second-order valence-electron chi connectivity index (χ2n) is 11.7. The van der Waals surface area contributed by atoms with Crippen LogP contribution in [-0.2, 0) is 17.3 Å². The van der Waals surface area contributed by atoms with Crippen LogP contribution >= 0.6 is 0 Å². The highest BCUT2D eigenvalue weighted by Crippen LogP contribution is 2.40. The smallest absolute Gasteiger partial charge is 0.316 e. The van der Waals surface area contributed by atoms with Gasteiger partial charge in [0.2, 0.25) is 0 Å². The molecule has 2 aliphatic carbocycles. The highest BCUT2D eigenvalue weighted by molar-refractivity contribution is 5.29. The number of alkyl halides is 2. The fraction of sp³-hybridized carbons (Fsp3) is 0.588. The molecule has 2 aromatic rings. The van der Waals surface area contributed by atoms with Gasteiger partial charge in [-0.25, -0.2) is 4.39 Å². The fourth-order valence-electron chi connectivity index (χ4n) is 6.68. The molecule has 4 heteroatoms. The van der Waals surface area contributed by atoms with E-state index in [1.54, 1.807) is 6.07 Å². The Hall–Kier alpha value is -2.07. The molecular weight excluding hydrogens is 481 g/mol. The zero-order valence-electron chi connectivity index (χ0n) is 23.1. The zero-order chi connectivity index (χ0) is 27.0. The first kappa shape index (κ1) is 28.9. The van der Waals surface area contributed by atoms with Gasteiger partial charge in [0.05, 0.1) is 12.2 Å². The molecule has 2 aromatic carbocycles. The van der Waals surface area contributed by atoms with Crippen LogP contribution in [-0.4, -0.2) is 6.61 Å². The minimum atomic E-state index is -3.65. The summed E-state index contributed by atoms with van der Waals surface area (Å²) in [6, 6.07) is 12.5. The van der Waals surface area contributed by atoms with Crippen LogP contribution in [0, 0.1) is 17.7 Å². The summed E-state index contributed by atoms with van der Waals surface area (Å²) in [5.41, 5.74) is 2.46. The van der Waals surface area contributed by atoms with E-state index in [0.717, 1.165) is 55.6 Å². The van der Waals surface area contributed by atoms with Crippen LogP contribution in [0.1, 0.15) is 118 Å². The summed E-state index contributed by atoms with van der Waals surface area (Å²) in [5.74, 6) is 1.54. The minimum absolute atomic E-state index is 0.162. The van der Waals surface area contributed by atoms with Gasteiger partial charge in [0.1, 0.15) is 5.82 Å². The van der Waals surface area contributed by atoms with Crippen molar-refractivity contribution in [1.82, 2.24) is 0 Å². The summed E-state index contributed by atoms with van der Waals surface area (Å²) < 4.78 is 49.3. The second kappa shape index (κ2) is 13.8. The SMILES string of the molecule is C=CCCC1CCC(c2ccc(C(F)(F)OCCc3ccc(C4CCC(CCC)CC4)cc3)c(F)c2)CC1. The van der Waals surface area contributed by atoms with Gasteiger partial charge < -0.3 is 4.74 Å². The summed E-state index contributed by atoms with van der Waals surface area (Å²) in [6.45, 7) is 5.89. The van der Waals surface area contributed by atoms with E-state index in [0.29, 0.717) is 18.3 Å². The Morgan fingerprint density at radius 2 is 1.42 bits per heavy atom. The second-order valence-corrected chi connectivity index (χ2v) is 11.7. The maximum atomic E-state index is 14.8. The van der Waals surface area contributed by atoms with Gasteiger partial charge in [-0.3, -0.25) is 0 Å². The maximum Gasteiger partial charge on any atom is 0.386 e. The van der Waals surface area contributed by atoms with Gasteiger partial charge in [0.25, 0.3) is 0 Å². The molecule has 0 unspecified atom stereocenters. The Bertz CT molecular complexity index is 999. The third kappa shape index (κ3) is 7.74. The molecule has 38 heavy (non-hydrogen) atoms. The van der Waals surface area contributed by atoms with Crippen LogP contribution in [0.5, 0.6) is 0 Å². The van der Waals surface area contributed by atoms with Crippen LogP contribution in [0.2, 0.25) is 0 Å². The molecule has 0 aliphatic heterocycles. The molecule has 0 saturated heterocycles. The molecular formula is C34H45F3O. The predicted octanol–water partition coefficient (Wildman–Crippen LogP) is 10.4. The number of ether oxygens (including phenoxy) is 1. The monoisotopic (exact) mass is 526 g/mol. The van der Waals surface area contributed by atoms with Crippen LogP contribution in [0.4, 0.5) is 13.2 Å². The number of rotatable bonds is 12. The van der Waals surface area contributed by atoms with Crippen LogP contribution in [0.15, 0.2) is 55.1 Å². The fourth-order valence-corrected chi connectivity index (χ4v) is 6.68. The third-order valence-corrected chi connectivity index (χ3v) is 9.07. The van der Waals surface area contributed by atoms with Gasteiger partial charge in [-0.2, -0.15) is 8.78 Å². The first-order chi connectivity index (χ1) is 18.4. The molecule has 0 amide bonds. The molecule has 1 nitrogen and oxygen atoms in total. The Balaban J connectivity index is 1.25. The Morgan fingerprint density at radius 1 is 0.842 bits per heavy atom. The van der Waals surface area contributed by atoms with Gasteiger partial charge >= 0.3 is 6.11 Å². The van der Waals surface area contributed by atoms with Crippen LogP contribution in [0.25, 0.3) is 0 Å². The van der Waals surface area contributed by atoms with Gasteiger partial charge in [0, 0.05) is 0 Å². The van der Waals surface area contributed by atoms with E-state index < -0.39 is 17.5 Å². The van der Waals surface area contributed by atoms with Crippen molar-refractivity contribution in [1.29, 1.82) is 0 Å². The first-order valence-electron chi connectivity index (χ1n) is 14.9. The average molecular weight is 527 g/mol. The lowest BCUT2D eigenvalue weighted by Gasteiger charge is -2.29. The van der Waals surface area contributed by atoms with E-state index in [4.69, 9.17) is 4.74 Å². The topological polar surface area (TPSA) is 9.23 Å². The van der Waals surface area contributed by atoms with Crippen molar-refractivity contribution < 1.29 is 17.9 Å². The summed E-state index contributed by atoms with van der Waals surface area (Å²) in [7, 11) is 0. The molecule has 0 bridgehead atoms. The molecule has 0 radical (unpaired) electrons. The minimum Gasteiger partial charge on any atom is -0.316 e. The molecule has 0 N–H and O–H groups in total. The lowest BCUT2D eigenvalue weighted by atomic mass is 9.77. The molecule has 4 rings (SSSR count). The van der Waals surface area contributed by atoms with Crippen LogP contribution in [0.3, 0.4) is 0 Å². The number of benzene rings is 2. The van der Waals surface area contributed by atoms with Gasteiger partial charge in [-0.05, 0) is 123 Å². The normalized spacial score (nSPS) is 24.3. The van der Waals surface area contributed by atoms with Gasteiger partial charge in [-0.1, -0.05) is 56.2 Å². The Kier molecular flexibility index (Phi) is 10.5. The van der Waals surface area contributed by atoms with Crippen molar-refractivity contribution in [2.45, 2.75) is 108 Å². The van der Waals surface area contributed by atoms with E-state index in [-0.39, 0.29) is 12.5 Å².